The summed E-state index contributed by atoms with van der Waals surface area (Å²) in [5.41, 5.74) is 3.98. The molecule has 0 heterocycles. The standard InChI is InChI=1S/C15H13Br3O/c1-8-3-10(6-11(16)4-8)15(19)12-7-13(17)9(2)5-14(12)18/h3-7,15,19H,1-2H3. The van der Waals surface area contributed by atoms with Gasteiger partial charge in [0.25, 0.3) is 0 Å². The Morgan fingerprint density at radius 2 is 1.58 bits per heavy atom. The van der Waals surface area contributed by atoms with Crippen LogP contribution in [-0.2, 0) is 0 Å². The fraction of sp³-hybridized carbons (Fsp3) is 0.200. The summed E-state index contributed by atoms with van der Waals surface area (Å²) in [5.74, 6) is 0. The number of aryl methyl sites for hydroxylation is 2. The minimum Gasteiger partial charge on any atom is -0.384 e. The van der Waals surface area contributed by atoms with Gasteiger partial charge in [0, 0.05) is 19.0 Å². The molecule has 19 heavy (non-hydrogen) atoms. The van der Waals surface area contributed by atoms with Gasteiger partial charge >= 0.3 is 0 Å². The zero-order valence-electron chi connectivity index (χ0n) is 10.5. The van der Waals surface area contributed by atoms with Crippen LogP contribution in [0.5, 0.6) is 0 Å². The quantitative estimate of drug-likeness (QED) is 0.627. The van der Waals surface area contributed by atoms with Crippen molar-refractivity contribution in [3.8, 4) is 0 Å². The van der Waals surface area contributed by atoms with Gasteiger partial charge in [-0.15, -0.1) is 0 Å². The predicted molar refractivity (Wildman–Crippen MR) is 89.5 cm³/mol. The molecule has 0 aliphatic heterocycles. The molecule has 1 atom stereocenters. The Morgan fingerprint density at radius 3 is 2.21 bits per heavy atom. The van der Waals surface area contributed by atoms with E-state index >= 15 is 0 Å². The van der Waals surface area contributed by atoms with Crippen molar-refractivity contribution in [2.45, 2.75) is 20.0 Å². The van der Waals surface area contributed by atoms with Crippen molar-refractivity contribution in [3.63, 3.8) is 0 Å². The lowest BCUT2D eigenvalue weighted by Gasteiger charge is -2.16. The Balaban J connectivity index is 2.49. The van der Waals surface area contributed by atoms with Gasteiger partial charge in [0.05, 0.1) is 0 Å². The van der Waals surface area contributed by atoms with Crippen molar-refractivity contribution in [1.29, 1.82) is 0 Å². The SMILES string of the molecule is Cc1cc(Br)cc(C(O)c2cc(Br)c(C)cc2Br)c1. The summed E-state index contributed by atoms with van der Waals surface area (Å²) in [6.45, 7) is 4.04. The van der Waals surface area contributed by atoms with E-state index in [1.54, 1.807) is 0 Å². The van der Waals surface area contributed by atoms with Crippen molar-refractivity contribution in [1.82, 2.24) is 0 Å². The Kier molecular flexibility index (Phi) is 4.88. The summed E-state index contributed by atoms with van der Waals surface area (Å²) in [4.78, 5) is 0. The van der Waals surface area contributed by atoms with Crippen LogP contribution in [0.1, 0.15) is 28.4 Å². The largest absolute Gasteiger partial charge is 0.384 e. The van der Waals surface area contributed by atoms with Crippen LogP contribution in [-0.4, -0.2) is 5.11 Å². The first kappa shape index (κ1) is 15.2. The lowest BCUT2D eigenvalue weighted by atomic mass is 9.99. The number of benzene rings is 2. The number of halogens is 3. The monoisotopic (exact) mass is 446 g/mol. The molecular formula is C15H13Br3O. The summed E-state index contributed by atoms with van der Waals surface area (Å²) >= 11 is 10.5. The van der Waals surface area contributed by atoms with Gasteiger partial charge in [-0.05, 0) is 54.8 Å². The molecule has 0 aromatic heterocycles. The minimum atomic E-state index is -0.650. The molecule has 100 valence electrons. The Morgan fingerprint density at radius 1 is 0.895 bits per heavy atom. The molecule has 2 aromatic carbocycles. The third-order valence-corrected chi connectivity index (χ3v) is 4.95. The van der Waals surface area contributed by atoms with Crippen LogP contribution in [0.4, 0.5) is 0 Å². The molecule has 0 amide bonds. The molecule has 0 aliphatic carbocycles. The summed E-state index contributed by atoms with van der Waals surface area (Å²) in [6.07, 6.45) is -0.650. The zero-order valence-corrected chi connectivity index (χ0v) is 15.3. The van der Waals surface area contributed by atoms with E-state index in [0.29, 0.717) is 0 Å². The van der Waals surface area contributed by atoms with E-state index < -0.39 is 6.10 Å². The predicted octanol–water partition coefficient (Wildman–Crippen LogP) is 5.67. The molecule has 1 nitrogen and oxygen atoms in total. The normalized spacial score (nSPS) is 12.5. The number of hydrogen-bond acceptors (Lipinski definition) is 1. The van der Waals surface area contributed by atoms with Crippen molar-refractivity contribution >= 4 is 47.8 Å². The number of rotatable bonds is 2. The van der Waals surface area contributed by atoms with Crippen LogP contribution >= 0.6 is 47.8 Å². The molecule has 2 rings (SSSR count). The van der Waals surface area contributed by atoms with Crippen LogP contribution in [0, 0.1) is 13.8 Å². The molecule has 1 unspecified atom stereocenters. The first-order valence-corrected chi connectivity index (χ1v) is 8.17. The third-order valence-electron chi connectivity index (χ3n) is 2.95. The zero-order chi connectivity index (χ0) is 14.2. The number of aliphatic hydroxyl groups excluding tert-OH is 1. The maximum absolute atomic E-state index is 10.6. The third kappa shape index (κ3) is 3.48. The summed E-state index contributed by atoms with van der Waals surface area (Å²) in [6, 6.07) is 9.93. The van der Waals surface area contributed by atoms with Crippen LogP contribution in [0.25, 0.3) is 0 Å². The highest BCUT2D eigenvalue weighted by Crippen LogP contribution is 2.34. The van der Waals surface area contributed by atoms with E-state index in [1.165, 1.54) is 0 Å². The average molecular weight is 449 g/mol. The molecule has 0 aliphatic rings. The molecular weight excluding hydrogens is 436 g/mol. The van der Waals surface area contributed by atoms with E-state index in [9.17, 15) is 5.11 Å². The van der Waals surface area contributed by atoms with E-state index in [0.717, 1.165) is 35.7 Å². The van der Waals surface area contributed by atoms with Crippen molar-refractivity contribution in [3.05, 3.63) is 66.0 Å². The molecule has 2 aromatic rings. The minimum absolute atomic E-state index is 0.650. The molecule has 0 saturated carbocycles. The molecule has 0 bridgehead atoms. The second-order valence-electron chi connectivity index (χ2n) is 4.59. The molecule has 4 heteroatoms. The van der Waals surface area contributed by atoms with Gasteiger partial charge in [0.15, 0.2) is 0 Å². The van der Waals surface area contributed by atoms with E-state index in [2.05, 4.69) is 47.8 Å². The van der Waals surface area contributed by atoms with Crippen molar-refractivity contribution in [2.75, 3.05) is 0 Å². The van der Waals surface area contributed by atoms with Gasteiger partial charge in [0.1, 0.15) is 6.10 Å². The Bertz CT molecular complexity index is 603. The smallest absolute Gasteiger partial charge is 0.105 e. The van der Waals surface area contributed by atoms with Gasteiger partial charge in [-0.3, -0.25) is 0 Å². The van der Waals surface area contributed by atoms with Crippen LogP contribution in [0.3, 0.4) is 0 Å². The Labute approximate surface area is 138 Å². The fourth-order valence-corrected chi connectivity index (χ4v) is 3.63. The summed E-state index contributed by atoms with van der Waals surface area (Å²) in [5, 5.41) is 10.6. The molecule has 0 fully saturated rings. The van der Waals surface area contributed by atoms with Gasteiger partial charge in [-0.1, -0.05) is 53.9 Å². The number of hydrogen-bond donors (Lipinski definition) is 1. The number of aliphatic hydroxyl groups is 1. The van der Waals surface area contributed by atoms with Gasteiger partial charge in [0.2, 0.25) is 0 Å². The van der Waals surface area contributed by atoms with Crippen molar-refractivity contribution in [2.24, 2.45) is 0 Å². The molecule has 0 saturated heterocycles. The van der Waals surface area contributed by atoms with E-state index in [4.69, 9.17) is 0 Å². The van der Waals surface area contributed by atoms with E-state index in [-0.39, 0.29) is 0 Å². The fourth-order valence-electron chi connectivity index (χ4n) is 1.97. The van der Waals surface area contributed by atoms with Crippen LogP contribution < -0.4 is 0 Å². The summed E-state index contributed by atoms with van der Waals surface area (Å²) in [7, 11) is 0. The highest BCUT2D eigenvalue weighted by Gasteiger charge is 2.16. The maximum Gasteiger partial charge on any atom is 0.105 e. The topological polar surface area (TPSA) is 20.2 Å². The first-order chi connectivity index (χ1) is 8.88. The summed E-state index contributed by atoms with van der Waals surface area (Å²) < 4.78 is 2.89. The van der Waals surface area contributed by atoms with Crippen LogP contribution in [0.2, 0.25) is 0 Å². The second-order valence-corrected chi connectivity index (χ2v) is 7.21. The lowest BCUT2D eigenvalue weighted by molar-refractivity contribution is 0.219. The second kappa shape index (κ2) is 6.08. The van der Waals surface area contributed by atoms with Crippen molar-refractivity contribution < 1.29 is 5.11 Å². The van der Waals surface area contributed by atoms with E-state index in [1.807, 2.05) is 44.2 Å². The van der Waals surface area contributed by atoms with Crippen LogP contribution in [0.15, 0.2) is 43.7 Å². The Hall–Kier alpha value is -0.160. The first-order valence-electron chi connectivity index (χ1n) is 5.79. The molecule has 1 N–H and O–H groups in total. The van der Waals surface area contributed by atoms with Gasteiger partial charge < -0.3 is 5.11 Å². The highest BCUT2D eigenvalue weighted by molar-refractivity contribution is 9.11. The lowest BCUT2D eigenvalue weighted by Crippen LogP contribution is -2.02. The van der Waals surface area contributed by atoms with Gasteiger partial charge in [-0.2, -0.15) is 0 Å². The maximum atomic E-state index is 10.6. The highest BCUT2D eigenvalue weighted by atomic mass is 79.9. The molecule has 0 spiro atoms. The molecule has 0 radical (unpaired) electrons. The average Bonchev–Trinajstić information content (AvgIpc) is 2.31. The van der Waals surface area contributed by atoms with Gasteiger partial charge in [-0.25, -0.2) is 0 Å².